The molecule has 0 bridgehead atoms. The largest absolute Gasteiger partial charge is 0.355 e. The van der Waals surface area contributed by atoms with Crippen molar-refractivity contribution in [3.05, 3.63) is 35.9 Å². The van der Waals surface area contributed by atoms with E-state index in [9.17, 15) is 4.79 Å². The minimum atomic E-state index is -0.392. The molecule has 1 amide bonds. The summed E-state index contributed by atoms with van der Waals surface area (Å²) in [6.45, 7) is 0.772. The minimum Gasteiger partial charge on any atom is -0.355 e. The predicted molar refractivity (Wildman–Crippen MR) is 86.9 cm³/mol. The highest BCUT2D eigenvalue weighted by atomic mass is 16.2. The number of amides is 1. The van der Waals surface area contributed by atoms with Crippen LogP contribution in [0.3, 0.4) is 0 Å². The summed E-state index contributed by atoms with van der Waals surface area (Å²) >= 11 is 0. The zero-order valence-corrected chi connectivity index (χ0v) is 12.9. The number of carbonyl (C=O) groups excluding carboxylic acids is 1. The van der Waals surface area contributed by atoms with Gasteiger partial charge in [0.2, 0.25) is 5.91 Å². The van der Waals surface area contributed by atoms with E-state index < -0.39 is 6.04 Å². The standard InChI is InChI=1S/C18H28N2O/c19-17(13-12-16-7-2-1-3-8-16)18(21)20-14-6-11-15-9-4-5-10-15/h1-3,7-8,15,17H,4-6,9-14,19H2,(H,20,21). The Hall–Kier alpha value is -1.35. The van der Waals surface area contributed by atoms with Gasteiger partial charge in [-0.05, 0) is 37.2 Å². The van der Waals surface area contributed by atoms with E-state index in [-0.39, 0.29) is 5.91 Å². The van der Waals surface area contributed by atoms with Crippen molar-refractivity contribution in [1.29, 1.82) is 0 Å². The van der Waals surface area contributed by atoms with Crippen molar-refractivity contribution in [2.75, 3.05) is 6.54 Å². The number of nitrogens with one attached hydrogen (secondary N) is 1. The molecule has 0 heterocycles. The molecule has 21 heavy (non-hydrogen) atoms. The molecular formula is C18H28N2O. The Morgan fingerprint density at radius 3 is 2.67 bits per heavy atom. The second-order valence-corrected chi connectivity index (χ2v) is 6.21. The molecule has 1 aliphatic rings. The van der Waals surface area contributed by atoms with Gasteiger partial charge in [0, 0.05) is 6.54 Å². The third-order valence-electron chi connectivity index (χ3n) is 4.49. The smallest absolute Gasteiger partial charge is 0.236 e. The average molecular weight is 288 g/mol. The zero-order chi connectivity index (χ0) is 14.9. The quantitative estimate of drug-likeness (QED) is 0.722. The first kappa shape index (κ1) is 16.0. The first-order valence-electron chi connectivity index (χ1n) is 8.33. The zero-order valence-electron chi connectivity index (χ0n) is 12.9. The summed E-state index contributed by atoms with van der Waals surface area (Å²) in [7, 11) is 0. The maximum absolute atomic E-state index is 11.9. The summed E-state index contributed by atoms with van der Waals surface area (Å²) in [5, 5.41) is 2.98. The summed E-state index contributed by atoms with van der Waals surface area (Å²) in [5.74, 6) is 0.894. The van der Waals surface area contributed by atoms with Gasteiger partial charge < -0.3 is 11.1 Å². The Bertz CT molecular complexity index is 412. The van der Waals surface area contributed by atoms with E-state index in [0.717, 1.165) is 25.3 Å². The number of hydrogen-bond acceptors (Lipinski definition) is 2. The lowest BCUT2D eigenvalue weighted by molar-refractivity contribution is -0.122. The summed E-state index contributed by atoms with van der Waals surface area (Å²) in [6, 6.07) is 9.80. The highest BCUT2D eigenvalue weighted by Crippen LogP contribution is 2.28. The molecule has 116 valence electrons. The lowest BCUT2D eigenvalue weighted by Crippen LogP contribution is -2.41. The first-order chi connectivity index (χ1) is 10.3. The maximum atomic E-state index is 11.9. The van der Waals surface area contributed by atoms with E-state index >= 15 is 0 Å². The van der Waals surface area contributed by atoms with Crippen molar-refractivity contribution in [3.63, 3.8) is 0 Å². The van der Waals surface area contributed by atoms with E-state index in [1.807, 2.05) is 18.2 Å². The monoisotopic (exact) mass is 288 g/mol. The van der Waals surface area contributed by atoms with E-state index in [2.05, 4.69) is 17.4 Å². The van der Waals surface area contributed by atoms with Gasteiger partial charge in [-0.3, -0.25) is 4.79 Å². The number of hydrogen-bond donors (Lipinski definition) is 2. The van der Waals surface area contributed by atoms with Gasteiger partial charge in [-0.15, -0.1) is 0 Å². The van der Waals surface area contributed by atoms with Crippen LogP contribution in [0.15, 0.2) is 30.3 Å². The van der Waals surface area contributed by atoms with Crippen LogP contribution in [-0.4, -0.2) is 18.5 Å². The molecule has 1 aliphatic carbocycles. The second-order valence-electron chi connectivity index (χ2n) is 6.21. The van der Waals surface area contributed by atoms with E-state index in [4.69, 9.17) is 5.73 Å². The summed E-state index contributed by atoms with van der Waals surface area (Å²) in [4.78, 5) is 11.9. The molecule has 1 unspecified atom stereocenters. The number of aryl methyl sites for hydroxylation is 1. The summed E-state index contributed by atoms with van der Waals surface area (Å²) in [5.41, 5.74) is 7.20. The molecule has 1 aromatic rings. The van der Waals surface area contributed by atoms with Crippen LogP contribution < -0.4 is 11.1 Å². The summed E-state index contributed by atoms with van der Waals surface area (Å²) < 4.78 is 0. The molecule has 1 atom stereocenters. The Morgan fingerprint density at radius 1 is 1.24 bits per heavy atom. The SMILES string of the molecule is NC(CCc1ccccc1)C(=O)NCCCC1CCCC1. The molecule has 3 heteroatoms. The van der Waals surface area contributed by atoms with Crippen LogP contribution in [-0.2, 0) is 11.2 Å². The Kier molecular flexibility index (Phi) is 6.74. The molecule has 0 radical (unpaired) electrons. The van der Waals surface area contributed by atoms with Gasteiger partial charge in [0.25, 0.3) is 0 Å². The molecule has 2 rings (SSSR count). The summed E-state index contributed by atoms with van der Waals surface area (Å²) in [6.07, 6.45) is 9.44. The van der Waals surface area contributed by atoms with Crippen LogP contribution in [0.1, 0.15) is 50.5 Å². The van der Waals surface area contributed by atoms with Gasteiger partial charge >= 0.3 is 0 Å². The van der Waals surface area contributed by atoms with Crippen molar-refractivity contribution in [2.24, 2.45) is 11.7 Å². The maximum Gasteiger partial charge on any atom is 0.236 e. The lowest BCUT2D eigenvalue weighted by atomic mass is 10.0. The molecule has 0 spiro atoms. The van der Waals surface area contributed by atoms with Crippen LogP contribution in [0.2, 0.25) is 0 Å². The number of nitrogens with two attached hydrogens (primary N) is 1. The van der Waals surface area contributed by atoms with Crippen molar-refractivity contribution in [2.45, 2.75) is 57.4 Å². The average Bonchev–Trinajstić information content (AvgIpc) is 3.03. The van der Waals surface area contributed by atoms with Crippen LogP contribution in [0.4, 0.5) is 0 Å². The highest BCUT2D eigenvalue weighted by molar-refractivity contribution is 5.81. The van der Waals surface area contributed by atoms with Crippen LogP contribution >= 0.6 is 0 Å². The molecule has 3 nitrogen and oxygen atoms in total. The number of carbonyl (C=O) groups is 1. The first-order valence-corrected chi connectivity index (χ1v) is 8.33. The van der Waals surface area contributed by atoms with Gasteiger partial charge in [-0.2, -0.15) is 0 Å². The Labute approximate surface area is 128 Å². The number of benzene rings is 1. The fourth-order valence-corrected chi connectivity index (χ4v) is 3.13. The van der Waals surface area contributed by atoms with Crippen molar-refractivity contribution in [1.82, 2.24) is 5.32 Å². The molecule has 0 saturated heterocycles. The normalized spacial score (nSPS) is 16.8. The Morgan fingerprint density at radius 2 is 1.95 bits per heavy atom. The van der Waals surface area contributed by atoms with E-state index in [1.54, 1.807) is 0 Å². The van der Waals surface area contributed by atoms with Gasteiger partial charge in [-0.1, -0.05) is 56.0 Å². The van der Waals surface area contributed by atoms with Crippen molar-refractivity contribution < 1.29 is 4.79 Å². The van der Waals surface area contributed by atoms with Crippen molar-refractivity contribution in [3.8, 4) is 0 Å². The number of rotatable bonds is 8. The molecule has 1 saturated carbocycles. The molecule has 0 aliphatic heterocycles. The fourth-order valence-electron chi connectivity index (χ4n) is 3.13. The molecular weight excluding hydrogens is 260 g/mol. The van der Waals surface area contributed by atoms with E-state index in [1.165, 1.54) is 37.7 Å². The Balaban J connectivity index is 1.56. The lowest BCUT2D eigenvalue weighted by Gasteiger charge is -2.13. The molecule has 1 aromatic carbocycles. The van der Waals surface area contributed by atoms with Crippen LogP contribution in [0.5, 0.6) is 0 Å². The van der Waals surface area contributed by atoms with Gasteiger partial charge in [0.1, 0.15) is 0 Å². The molecule has 3 N–H and O–H groups in total. The molecule has 1 fully saturated rings. The third kappa shape index (κ3) is 5.88. The van der Waals surface area contributed by atoms with Gasteiger partial charge in [0.15, 0.2) is 0 Å². The minimum absolute atomic E-state index is 0.00245. The topological polar surface area (TPSA) is 55.1 Å². The van der Waals surface area contributed by atoms with Crippen molar-refractivity contribution >= 4 is 5.91 Å². The highest BCUT2D eigenvalue weighted by Gasteiger charge is 2.15. The predicted octanol–water partition coefficient (Wildman–Crippen LogP) is 3.03. The van der Waals surface area contributed by atoms with Gasteiger partial charge in [0.05, 0.1) is 6.04 Å². The molecule has 0 aromatic heterocycles. The van der Waals surface area contributed by atoms with Crippen LogP contribution in [0.25, 0.3) is 0 Å². The third-order valence-corrected chi connectivity index (χ3v) is 4.49. The van der Waals surface area contributed by atoms with Crippen LogP contribution in [0, 0.1) is 5.92 Å². The van der Waals surface area contributed by atoms with E-state index in [0.29, 0.717) is 6.42 Å². The second kappa shape index (κ2) is 8.83. The fraction of sp³-hybridized carbons (Fsp3) is 0.611. The van der Waals surface area contributed by atoms with Gasteiger partial charge in [-0.25, -0.2) is 0 Å².